The average molecular weight is 170 g/mol. The van der Waals surface area contributed by atoms with Crippen LogP contribution >= 0.6 is 0 Å². The van der Waals surface area contributed by atoms with E-state index in [2.05, 4.69) is 0 Å². The molecule has 0 amide bonds. The van der Waals surface area contributed by atoms with E-state index in [4.69, 9.17) is 0 Å². The number of hydrogen-bond donors (Lipinski definition) is 0. The minimum Gasteiger partial charge on any atom is -0.210 e. The number of hydrogen-bond acceptors (Lipinski definition) is 0. The molecule has 0 aromatic carbocycles. The number of rotatable bonds is 2. The SMILES string of the molecule is CC1(C)CC1(C(F)F)C(F)F. The lowest BCUT2D eigenvalue weighted by Crippen LogP contribution is -2.27. The minimum absolute atomic E-state index is 0.0741. The minimum atomic E-state index is -2.91. The van der Waals surface area contributed by atoms with Crippen molar-refractivity contribution < 1.29 is 17.6 Å². The van der Waals surface area contributed by atoms with Gasteiger partial charge in [-0.3, -0.25) is 0 Å². The normalized spacial score (nSPS) is 26.2. The molecule has 4 heteroatoms. The van der Waals surface area contributed by atoms with Gasteiger partial charge in [0, 0.05) is 0 Å². The molecule has 1 fully saturated rings. The van der Waals surface area contributed by atoms with E-state index in [-0.39, 0.29) is 6.42 Å². The van der Waals surface area contributed by atoms with Gasteiger partial charge in [-0.1, -0.05) is 13.8 Å². The molecule has 66 valence electrons. The first-order valence-corrected chi connectivity index (χ1v) is 3.41. The van der Waals surface area contributed by atoms with Gasteiger partial charge in [0.25, 0.3) is 0 Å². The van der Waals surface area contributed by atoms with Crippen LogP contribution in [-0.4, -0.2) is 12.9 Å². The van der Waals surface area contributed by atoms with Gasteiger partial charge >= 0.3 is 0 Å². The van der Waals surface area contributed by atoms with Crippen molar-refractivity contribution in [3.63, 3.8) is 0 Å². The van der Waals surface area contributed by atoms with Crippen LogP contribution in [0.3, 0.4) is 0 Å². The van der Waals surface area contributed by atoms with Crippen LogP contribution in [0.5, 0.6) is 0 Å². The van der Waals surface area contributed by atoms with Gasteiger partial charge in [0.2, 0.25) is 12.9 Å². The van der Waals surface area contributed by atoms with Crippen molar-refractivity contribution in [2.24, 2.45) is 10.8 Å². The Balaban J connectivity index is 2.80. The van der Waals surface area contributed by atoms with E-state index >= 15 is 0 Å². The van der Waals surface area contributed by atoms with Gasteiger partial charge in [-0.25, -0.2) is 17.6 Å². The molecule has 11 heavy (non-hydrogen) atoms. The zero-order valence-electron chi connectivity index (χ0n) is 6.37. The molecule has 1 saturated carbocycles. The molecule has 0 saturated heterocycles. The molecule has 0 heterocycles. The second kappa shape index (κ2) is 2.11. The summed E-state index contributed by atoms with van der Waals surface area (Å²) in [6.45, 7) is 2.90. The topological polar surface area (TPSA) is 0 Å². The molecule has 0 aliphatic heterocycles. The van der Waals surface area contributed by atoms with Crippen molar-refractivity contribution in [1.82, 2.24) is 0 Å². The Hall–Kier alpha value is -0.280. The van der Waals surface area contributed by atoms with E-state index in [1.54, 1.807) is 0 Å². The molecule has 0 N–H and O–H groups in total. The largest absolute Gasteiger partial charge is 0.250 e. The Labute approximate surface area is 62.6 Å². The summed E-state index contributed by atoms with van der Waals surface area (Å²) in [6, 6.07) is 0. The van der Waals surface area contributed by atoms with Gasteiger partial charge in [0.15, 0.2) is 0 Å². The zero-order valence-corrected chi connectivity index (χ0v) is 6.37. The van der Waals surface area contributed by atoms with Crippen molar-refractivity contribution in [3.05, 3.63) is 0 Å². The third kappa shape index (κ3) is 0.948. The maximum atomic E-state index is 12.1. The highest BCUT2D eigenvalue weighted by atomic mass is 19.3. The van der Waals surface area contributed by atoms with Crippen LogP contribution in [0, 0.1) is 10.8 Å². The van der Waals surface area contributed by atoms with Gasteiger partial charge in [0.05, 0.1) is 5.41 Å². The fourth-order valence-corrected chi connectivity index (χ4v) is 1.53. The van der Waals surface area contributed by atoms with E-state index in [0.29, 0.717) is 0 Å². The molecule has 0 aromatic heterocycles. The Bertz CT molecular complexity index is 154. The zero-order chi connectivity index (χ0) is 8.86. The molecular weight excluding hydrogens is 160 g/mol. The van der Waals surface area contributed by atoms with Crippen molar-refractivity contribution in [1.29, 1.82) is 0 Å². The summed E-state index contributed by atoms with van der Waals surface area (Å²) in [5.74, 6) is 0. The van der Waals surface area contributed by atoms with Crippen LogP contribution in [0.2, 0.25) is 0 Å². The summed E-state index contributed by atoms with van der Waals surface area (Å²) in [7, 11) is 0. The third-order valence-electron chi connectivity index (χ3n) is 2.65. The van der Waals surface area contributed by atoms with E-state index in [1.807, 2.05) is 0 Å². The lowest BCUT2D eigenvalue weighted by atomic mass is 9.97. The Morgan fingerprint density at radius 1 is 1.00 bits per heavy atom. The Morgan fingerprint density at radius 3 is 1.27 bits per heavy atom. The first kappa shape index (κ1) is 8.81. The summed E-state index contributed by atoms with van der Waals surface area (Å²) < 4.78 is 48.6. The van der Waals surface area contributed by atoms with Crippen LogP contribution in [0.1, 0.15) is 20.3 Å². The van der Waals surface area contributed by atoms with Crippen molar-refractivity contribution >= 4 is 0 Å². The first-order valence-electron chi connectivity index (χ1n) is 3.41. The van der Waals surface area contributed by atoms with E-state index in [1.165, 1.54) is 13.8 Å². The maximum absolute atomic E-state index is 12.1. The Kier molecular flexibility index (Phi) is 1.69. The lowest BCUT2D eigenvalue weighted by molar-refractivity contribution is -0.0642. The maximum Gasteiger partial charge on any atom is 0.250 e. The fourth-order valence-electron chi connectivity index (χ4n) is 1.53. The Morgan fingerprint density at radius 2 is 1.27 bits per heavy atom. The number of alkyl halides is 4. The highest BCUT2D eigenvalue weighted by Crippen LogP contribution is 2.69. The van der Waals surface area contributed by atoms with Crippen LogP contribution in [-0.2, 0) is 0 Å². The van der Waals surface area contributed by atoms with E-state index < -0.39 is 23.7 Å². The van der Waals surface area contributed by atoms with Crippen molar-refractivity contribution in [3.8, 4) is 0 Å². The van der Waals surface area contributed by atoms with Gasteiger partial charge in [-0.2, -0.15) is 0 Å². The molecule has 1 rings (SSSR count). The molecule has 0 atom stereocenters. The van der Waals surface area contributed by atoms with Crippen molar-refractivity contribution in [2.45, 2.75) is 33.1 Å². The highest BCUT2D eigenvalue weighted by Gasteiger charge is 2.72. The second-order valence-electron chi connectivity index (χ2n) is 3.70. The van der Waals surface area contributed by atoms with Crippen LogP contribution in [0.25, 0.3) is 0 Å². The molecule has 0 bridgehead atoms. The van der Waals surface area contributed by atoms with Crippen LogP contribution in [0.15, 0.2) is 0 Å². The molecule has 0 unspecified atom stereocenters. The molecule has 0 radical (unpaired) electrons. The quantitative estimate of drug-likeness (QED) is 0.559. The molecular formula is C7H10F4. The fraction of sp³-hybridized carbons (Fsp3) is 1.00. The van der Waals surface area contributed by atoms with Crippen LogP contribution < -0.4 is 0 Å². The van der Waals surface area contributed by atoms with E-state index in [9.17, 15) is 17.6 Å². The lowest BCUT2D eigenvalue weighted by Gasteiger charge is -2.17. The standard InChI is InChI=1S/C7H10F4/c1-6(2)3-7(6,4(8)9)5(10)11/h4-5H,3H2,1-2H3. The molecule has 0 aromatic rings. The smallest absolute Gasteiger partial charge is 0.210 e. The predicted molar refractivity (Wildman–Crippen MR) is 32.8 cm³/mol. The molecule has 0 nitrogen and oxygen atoms in total. The summed E-state index contributed by atoms with van der Waals surface area (Å²) in [4.78, 5) is 0. The first-order chi connectivity index (χ1) is 4.84. The molecule has 1 aliphatic carbocycles. The van der Waals surface area contributed by atoms with Gasteiger partial charge in [-0.05, 0) is 11.8 Å². The third-order valence-corrected chi connectivity index (χ3v) is 2.65. The monoisotopic (exact) mass is 170 g/mol. The second-order valence-corrected chi connectivity index (χ2v) is 3.70. The highest BCUT2D eigenvalue weighted by molar-refractivity contribution is 5.12. The molecule has 0 spiro atoms. The van der Waals surface area contributed by atoms with Gasteiger partial charge in [-0.15, -0.1) is 0 Å². The van der Waals surface area contributed by atoms with Gasteiger partial charge < -0.3 is 0 Å². The molecule has 1 aliphatic rings. The summed E-state index contributed by atoms with van der Waals surface area (Å²) >= 11 is 0. The van der Waals surface area contributed by atoms with E-state index in [0.717, 1.165) is 0 Å². The van der Waals surface area contributed by atoms with Crippen molar-refractivity contribution in [2.75, 3.05) is 0 Å². The average Bonchev–Trinajstić information content (AvgIpc) is 2.35. The van der Waals surface area contributed by atoms with Crippen LogP contribution in [0.4, 0.5) is 17.6 Å². The summed E-state index contributed by atoms with van der Waals surface area (Å²) in [5.41, 5.74) is -2.91. The number of halogens is 4. The van der Waals surface area contributed by atoms with Gasteiger partial charge in [0.1, 0.15) is 0 Å². The summed E-state index contributed by atoms with van der Waals surface area (Å²) in [5, 5.41) is 0. The predicted octanol–water partition coefficient (Wildman–Crippen LogP) is 2.93. The summed E-state index contributed by atoms with van der Waals surface area (Å²) in [6.07, 6.45) is -5.88.